The van der Waals surface area contributed by atoms with Gasteiger partial charge in [-0.05, 0) is 0 Å². The van der Waals surface area contributed by atoms with Gasteiger partial charge in [0.2, 0.25) is 5.78 Å². The predicted octanol–water partition coefficient (Wildman–Crippen LogP) is -0.126. The van der Waals surface area contributed by atoms with E-state index in [0.29, 0.717) is 0 Å². The number of ketones is 2. The molecule has 0 heterocycles. The second-order valence-corrected chi connectivity index (χ2v) is 1.77. The number of hydrogen-bond acceptors (Lipinski definition) is 4. The maximum absolute atomic E-state index is 10.5. The fourth-order valence-corrected chi connectivity index (χ4v) is 0.344. The number of hydrogen-bond donors (Lipinski definition) is 0. The molecule has 0 aromatic rings. The average Bonchev–Trinajstić information content (AvgIpc) is 1.98. The lowest BCUT2D eigenvalue weighted by Crippen LogP contribution is -2.23. The molecule has 0 aliphatic rings. The summed E-state index contributed by atoms with van der Waals surface area (Å²) in [5, 5.41) is 0. The van der Waals surface area contributed by atoms with Crippen molar-refractivity contribution in [3.63, 3.8) is 0 Å². The quantitative estimate of drug-likeness (QED) is 0.246. The monoisotopic (exact) mass is 156 g/mol. The third-order valence-electron chi connectivity index (χ3n) is 0.837. The Bertz CT molecular complexity index is 204. The lowest BCUT2D eigenvalue weighted by molar-refractivity contribution is -0.155. The van der Waals surface area contributed by atoms with Crippen LogP contribution >= 0.6 is 0 Å². The van der Waals surface area contributed by atoms with Crippen molar-refractivity contribution in [1.82, 2.24) is 0 Å². The fourth-order valence-electron chi connectivity index (χ4n) is 0.344. The first kappa shape index (κ1) is 9.55. The van der Waals surface area contributed by atoms with E-state index in [1.54, 1.807) is 0 Å². The average molecular weight is 156 g/mol. The Balaban J connectivity index is 3.94. The molecule has 0 aromatic heterocycles. The number of esters is 1. The van der Waals surface area contributed by atoms with Gasteiger partial charge in [-0.2, -0.15) is 0 Å². The van der Waals surface area contributed by atoms with Crippen molar-refractivity contribution in [3.8, 4) is 0 Å². The third kappa shape index (κ3) is 3.30. The molecule has 11 heavy (non-hydrogen) atoms. The van der Waals surface area contributed by atoms with Gasteiger partial charge in [-0.25, -0.2) is 4.79 Å². The highest BCUT2D eigenvalue weighted by atomic mass is 16.5. The molecule has 60 valence electrons. The molecule has 4 nitrogen and oxygen atoms in total. The van der Waals surface area contributed by atoms with Crippen LogP contribution in [0.1, 0.15) is 6.92 Å². The Morgan fingerprint density at radius 1 is 1.45 bits per heavy atom. The molecule has 0 aliphatic heterocycles. The van der Waals surface area contributed by atoms with Crippen LogP contribution in [0.25, 0.3) is 0 Å². The molecule has 0 spiro atoms. The van der Waals surface area contributed by atoms with Gasteiger partial charge >= 0.3 is 11.8 Å². The molecule has 0 N–H and O–H groups in total. The maximum atomic E-state index is 10.5. The normalized spacial score (nSPS) is 8.45. The van der Waals surface area contributed by atoms with Gasteiger partial charge in [-0.15, -0.1) is 0 Å². The SMILES string of the molecule is C=CCOC(=O)C(=O)C(C)=O. The van der Waals surface area contributed by atoms with Crippen LogP contribution in [0.3, 0.4) is 0 Å². The van der Waals surface area contributed by atoms with Crippen molar-refractivity contribution >= 4 is 17.5 Å². The summed E-state index contributed by atoms with van der Waals surface area (Å²) in [6.07, 6.45) is 1.31. The number of Topliss-reactive ketones (excluding diaryl/α,β-unsaturated/α-hetero) is 2. The molecule has 0 aliphatic carbocycles. The summed E-state index contributed by atoms with van der Waals surface area (Å²) >= 11 is 0. The van der Waals surface area contributed by atoms with Gasteiger partial charge in [0.15, 0.2) is 0 Å². The topological polar surface area (TPSA) is 60.4 Å². The van der Waals surface area contributed by atoms with Crippen LogP contribution in [0.4, 0.5) is 0 Å². The van der Waals surface area contributed by atoms with Gasteiger partial charge < -0.3 is 4.74 Å². The molecule has 0 saturated heterocycles. The van der Waals surface area contributed by atoms with Gasteiger partial charge in [0.05, 0.1) is 0 Å². The van der Waals surface area contributed by atoms with E-state index in [1.807, 2.05) is 0 Å². The Labute approximate surface area is 63.8 Å². The van der Waals surface area contributed by atoms with Gasteiger partial charge in [-0.1, -0.05) is 12.7 Å². The fraction of sp³-hybridized carbons (Fsp3) is 0.286. The largest absolute Gasteiger partial charge is 0.455 e. The highest BCUT2D eigenvalue weighted by molar-refractivity contribution is 6.61. The van der Waals surface area contributed by atoms with Crippen LogP contribution in [-0.2, 0) is 19.1 Å². The van der Waals surface area contributed by atoms with E-state index in [1.165, 1.54) is 6.08 Å². The Kier molecular flexibility index (Phi) is 3.80. The smallest absolute Gasteiger partial charge is 0.383 e. The van der Waals surface area contributed by atoms with Gasteiger partial charge in [0, 0.05) is 6.92 Å². The number of carbonyl (C=O) groups excluding carboxylic acids is 3. The number of rotatable bonds is 4. The van der Waals surface area contributed by atoms with Crippen molar-refractivity contribution in [2.24, 2.45) is 0 Å². The second-order valence-electron chi connectivity index (χ2n) is 1.77. The zero-order valence-corrected chi connectivity index (χ0v) is 6.12. The number of carbonyl (C=O) groups is 3. The molecule has 0 saturated carbocycles. The maximum Gasteiger partial charge on any atom is 0.383 e. The highest BCUT2D eigenvalue weighted by Crippen LogP contribution is 1.83. The molecular formula is C7H8O4. The van der Waals surface area contributed by atoms with E-state index in [9.17, 15) is 14.4 Å². The Hall–Kier alpha value is -1.45. The summed E-state index contributed by atoms with van der Waals surface area (Å²) in [7, 11) is 0. The van der Waals surface area contributed by atoms with Crippen LogP contribution in [0.2, 0.25) is 0 Å². The standard InChI is InChI=1S/C7H8O4/c1-3-4-11-7(10)6(9)5(2)8/h3H,1,4H2,2H3. The summed E-state index contributed by atoms with van der Waals surface area (Å²) in [6, 6.07) is 0. The summed E-state index contributed by atoms with van der Waals surface area (Å²) in [4.78, 5) is 31.3. The molecule has 0 radical (unpaired) electrons. The van der Waals surface area contributed by atoms with Crippen LogP contribution < -0.4 is 0 Å². The molecular weight excluding hydrogens is 148 g/mol. The van der Waals surface area contributed by atoms with E-state index in [4.69, 9.17) is 0 Å². The number of ether oxygens (including phenoxy) is 1. The summed E-state index contributed by atoms with van der Waals surface area (Å²) in [5.41, 5.74) is 0. The Morgan fingerprint density at radius 3 is 2.36 bits per heavy atom. The van der Waals surface area contributed by atoms with Crippen molar-refractivity contribution < 1.29 is 19.1 Å². The third-order valence-corrected chi connectivity index (χ3v) is 0.837. The van der Waals surface area contributed by atoms with E-state index in [-0.39, 0.29) is 6.61 Å². The first-order valence-electron chi connectivity index (χ1n) is 2.92. The molecule has 0 atom stereocenters. The molecule has 0 rings (SSSR count). The summed E-state index contributed by atoms with van der Waals surface area (Å²) < 4.78 is 4.29. The van der Waals surface area contributed by atoms with E-state index < -0.39 is 17.5 Å². The van der Waals surface area contributed by atoms with Crippen molar-refractivity contribution in [3.05, 3.63) is 12.7 Å². The summed E-state index contributed by atoms with van der Waals surface area (Å²) in [6.45, 7) is 4.22. The van der Waals surface area contributed by atoms with Gasteiger partial charge in [0.25, 0.3) is 0 Å². The van der Waals surface area contributed by atoms with Crippen LogP contribution in [0, 0.1) is 0 Å². The minimum Gasteiger partial charge on any atom is -0.455 e. The molecule has 0 fully saturated rings. The lowest BCUT2D eigenvalue weighted by Gasteiger charge is -1.96. The molecule has 0 amide bonds. The lowest BCUT2D eigenvalue weighted by atomic mass is 10.3. The van der Waals surface area contributed by atoms with Crippen LogP contribution in [-0.4, -0.2) is 24.1 Å². The molecule has 4 heteroatoms. The van der Waals surface area contributed by atoms with Crippen molar-refractivity contribution in [2.75, 3.05) is 6.61 Å². The van der Waals surface area contributed by atoms with E-state index in [2.05, 4.69) is 11.3 Å². The van der Waals surface area contributed by atoms with Crippen molar-refractivity contribution in [2.45, 2.75) is 6.92 Å². The molecule has 0 unspecified atom stereocenters. The van der Waals surface area contributed by atoms with Crippen LogP contribution in [0.15, 0.2) is 12.7 Å². The first-order chi connectivity index (χ1) is 5.09. The van der Waals surface area contributed by atoms with Crippen LogP contribution in [0.5, 0.6) is 0 Å². The highest BCUT2D eigenvalue weighted by Gasteiger charge is 2.19. The zero-order valence-electron chi connectivity index (χ0n) is 6.12. The second kappa shape index (κ2) is 4.38. The minimum atomic E-state index is -1.13. The van der Waals surface area contributed by atoms with E-state index in [0.717, 1.165) is 6.92 Å². The first-order valence-corrected chi connectivity index (χ1v) is 2.92. The minimum absolute atomic E-state index is 0.0577. The van der Waals surface area contributed by atoms with Crippen molar-refractivity contribution in [1.29, 1.82) is 0 Å². The Morgan fingerprint density at radius 2 is 2.00 bits per heavy atom. The molecule has 0 bridgehead atoms. The molecule has 0 aromatic carbocycles. The summed E-state index contributed by atoms with van der Waals surface area (Å²) in [5.74, 6) is -3.08. The van der Waals surface area contributed by atoms with E-state index >= 15 is 0 Å². The predicted molar refractivity (Wildman–Crippen MR) is 36.8 cm³/mol. The van der Waals surface area contributed by atoms with Gasteiger partial charge in [0.1, 0.15) is 6.61 Å². The zero-order chi connectivity index (χ0) is 8.85. The van der Waals surface area contributed by atoms with Gasteiger partial charge in [-0.3, -0.25) is 9.59 Å².